The number of carbonyl (C=O) groups excluding carboxylic acids is 1. The van der Waals surface area contributed by atoms with Gasteiger partial charge in [0.15, 0.2) is 6.61 Å². The number of carboxylic acid groups (broad SMARTS) is 1. The largest absolute Gasteiger partial charge is 0.482 e. The number of hydrogen-bond acceptors (Lipinski definition) is 3. The molecule has 124 valence electrons. The summed E-state index contributed by atoms with van der Waals surface area (Å²) in [6.45, 7) is 5.32. The minimum absolute atomic E-state index is 0.0855. The number of hydrogen-bond donors (Lipinski definition) is 2. The van der Waals surface area contributed by atoms with E-state index in [0.29, 0.717) is 12.2 Å². The Hall–Kier alpha value is -2.30. The average Bonchev–Trinajstić information content (AvgIpc) is 2.49. The predicted octanol–water partition coefficient (Wildman–Crippen LogP) is 3.07. The van der Waals surface area contributed by atoms with Crippen LogP contribution < -0.4 is 10.1 Å². The predicted molar refractivity (Wildman–Crippen MR) is 87.2 cm³/mol. The SMILES string of the molecule is C=CCC1(C(=O)NC(C)c2ccc(OCC(=O)O)cc2)CCC1. The average molecular weight is 317 g/mol. The molecule has 0 spiro atoms. The summed E-state index contributed by atoms with van der Waals surface area (Å²) in [7, 11) is 0. The Morgan fingerprint density at radius 3 is 2.52 bits per heavy atom. The van der Waals surface area contributed by atoms with Crippen LogP contribution in [0.15, 0.2) is 36.9 Å². The molecule has 2 rings (SSSR count). The number of allylic oxidation sites excluding steroid dienone is 1. The normalized spacial score (nSPS) is 16.7. The minimum atomic E-state index is -1.01. The smallest absolute Gasteiger partial charge is 0.341 e. The summed E-state index contributed by atoms with van der Waals surface area (Å²) >= 11 is 0. The van der Waals surface area contributed by atoms with E-state index in [9.17, 15) is 9.59 Å². The molecule has 23 heavy (non-hydrogen) atoms. The van der Waals surface area contributed by atoms with E-state index in [1.807, 2.05) is 25.1 Å². The second-order valence-corrected chi connectivity index (χ2v) is 6.07. The van der Waals surface area contributed by atoms with Crippen LogP contribution in [0.25, 0.3) is 0 Å². The highest BCUT2D eigenvalue weighted by Gasteiger charge is 2.43. The van der Waals surface area contributed by atoms with Crippen molar-refractivity contribution in [2.24, 2.45) is 5.41 Å². The molecule has 1 aliphatic rings. The van der Waals surface area contributed by atoms with Crippen molar-refractivity contribution in [3.63, 3.8) is 0 Å². The van der Waals surface area contributed by atoms with Crippen molar-refractivity contribution >= 4 is 11.9 Å². The summed E-state index contributed by atoms with van der Waals surface area (Å²) in [4.78, 5) is 23.0. The van der Waals surface area contributed by atoms with Crippen molar-refractivity contribution < 1.29 is 19.4 Å². The lowest BCUT2D eigenvalue weighted by atomic mass is 9.66. The van der Waals surface area contributed by atoms with Gasteiger partial charge < -0.3 is 15.2 Å². The second kappa shape index (κ2) is 7.31. The molecule has 1 unspecified atom stereocenters. The summed E-state index contributed by atoms with van der Waals surface area (Å²) in [6, 6.07) is 6.98. The summed E-state index contributed by atoms with van der Waals surface area (Å²) in [5.74, 6) is -0.429. The van der Waals surface area contributed by atoms with Crippen molar-refractivity contribution in [2.75, 3.05) is 6.61 Å². The molecule has 1 amide bonds. The van der Waals surface area contributed by atoms with Gasteiger partial charge >= 0.3 is 5.97 Å². The van der Waals surface area contributed by atoms with E-state index >= 15 is 0 Å². The van der Waals surface area contributed by atoms with Gasteiger partial charge in [0.25, 0.3) is 0 Å². The molecule has 1 aromatic rings. The van der Waals surface area contributed by atoms with Crippen LogP contribution >= 0.6 is 0 Å². The molecule has 5 nitrogen and oxygen atoms in total. The van der Waals surface area contributed by atoms with E-state index in [1.165, 1.54) is 0 Å². The zero-order valence-corrected chi connectivity index (χ0v) is 13.4. The topological polar surface area (TPSA) is 75.6 Å². The van der Waals surface area contributed by atoms with Gasteiger partial charge in [0, 0.05) is 0 Å². The van der Waals surface area contributed by atoms with Crippen LogP contribution in [0.4, 0.5) is 0 Å². The number of rotatable bonds is 8. The molecule has 1 aromatic carbocycles. The molecule has 5 heteroatoms. The number of aliphatic carboxylic acids is 1. The van der Waals surface area contributed by atoms with Gasteiger partial charge in [-0.1, -0.05) is 24.6 Å². The molecule has 1 saturated carbocycles. The summed E-state index contributed by atoms with van der Waals surface area (Å²) in [5, 5.41) is 11.7. The lowest BCUT2D eigenvalue weighted by Gasteiger charge is -2.40. The maximum Gasteiger partial charge on any atom is 0.341 e. The van der Waals surface area contributed by atoms with Crippen molar-refractivity contribution in [3.05, 3.63) is 42.5 Å². The lowest BCUT2D eigenvalue weighted by molar-refractivity contribution is -0.139. The number of carbonyl (C=O) groups is 2. The van der Waals surface area contributed by atoms with E-state index in [4.69, 9.17) is 9.84 Å². The monoisotopic (exact) mass is 317 g/mol. The number of nitrogens with one attached hydrogen (secondary N) is 1. The fourth-order valence-corrected chi connectivity index (χ4v) is 2.83. The third kappa shape index (κ3) is 4.12. The zero-order valence-electron chi connectivity index (χ0n) is 13.4. The van der Waals surface area contributed by atoms with Crippen LogP contribution in [0, 0.1) is 5.41 Å². The molecule has 0 radical (unpaired) electrons. The van der Waals surface area contributed by atoms with Crippen molar-refractivity contribution in [1.82, 2.24) is 5.32 Å². The molecule has 0 saturated heterocycles. The maximum atomic E-state index is 12.5. The van der Waals surface area contributed by atoms with Crippen molar-refractivity contribution in [2.45, 2.75) is 38.6 Å². The standard InChI is InChI=1S/C18H23NO4/c1-3-9-18(10-4-11-18)17(22)19-13(2)14-5-7-15(8-6-14)23-12-16(20)21/h3,5-8,13H,1,4,9-12H2,2H3,(H,19,22)(H,20,21). The second-order valence-electron chi connectivity index (χ2n) is 6.07. The molecular weight excluding hydrogens is 294 g/mol. The van der Waals surface area contributed by atoms with Gasteiger partial charge in [-0.2, -0.15) is 0 Å². The lowest BCUT2D eigenvalue weighted by Crippen LogP contribution is -2.46. The molecule has 0 bridgehead atoms. The van der Waals surface area contributed by atoms with Crippen LogP contribution in [0.1, 0.15) is 44.2 Å². The first kappa shape index (κ1) is 17.1. The third-order valence-corrected chi connectivity index (χ3v) is 4.42. The van der Waals surface area contributed by atoms with E-state index in [0.717, 1.165) is 24.8 Å². The highest BCUT2D eigenvalue weighted by molar-refractivity contribution is 5.84. The number of carboxylic acids is 1. The quantitative estimate of drug-likeness (QED) is 0.723. The fourth-order valence-electron chi connectivity index (χ4n) is 2.83. The van der Waals surface area contributed by atoms with E-state index in [1.54, 1.807) is 12.1 Å². The minimum Gasteiger partial charge on any atom is -0.482 e. The first-order valence-corrected chi connectivity index (χ1v) is 7.83. The first-order valence-electron chi connectivity index (χ1n) is 7.83. The fraction of sp³-hybridized carbons (Fsp3) is 0.444. The van der Waals surface area contributed by atoms with E-state index in [-0.39, 0.29) is 24.0 Å². The summed E-state index contributed by atoms with van der Waals surface area (Å²) < 4.78 is 5.10. The highest BCUT2D eigenvalue weighted by Crippen LogP contribution is 2.44. The summed E-state index contributed by atoms with van der Waals surface area (Å²) in [5.41, 5.74) is 0.676. The highest BCUT2D eigenvalue weighted by atomic mass is 16.5. The molecule has 2 N–H and O–H groups in total. The molecule has 0 heterocycles. The van der Waals surface area contributed by atoms with Crippen LogP contribution in [0.5, 0.6) is 5.75 Å². The molecule has 1 aliphatic carbocycles. The van der Waals surface area contributed by atoms with Gasteiger partial charge in [0.05, 0.1) is 11.5 Å². The van der Waals surface area contributed by atoms with Crippen LogP contribution in [-0.2, 0) is 9.59 Å². The number of ether oxygens (including phenoxy) is 1. The Morgan fingerprint density at radius 2 is 2.04 bits per heavy atom. The molecule has 1 atom stereocenters. The Morgan fingerprint density at radius 1 is 1.39 bits per heavy atom. The van der Waals surface area contributed by atoms with Gasteiger partial charge in [-0.05, 0) is 43.9 Å². The maximum absolute atomic E-state index is 12.5. The molecule has 1 fully saturated rings. The third-order valence-electron chi connectivity index (χ3n) is 4.42. The van der Waals surface area contributed by atoms with Crippen LogP contribution in [-0.4, -0.2) is 23.6 Å². The number of amides is 1. The Balaban J connectivity index is 1.94. The molecule has 0 aliphatic heterocycles. The van der Waals surface area contributed by atoms with Gasteiger partial charge in [0.2, 0.25) is 5.91 Å². The van der Waals surface area contributed by atoms with E-state index in [2.05, 4.69) is 11.9 Å². The first-order chi connectivity index (χ1) is 11.0. The summed E-state index contributed by atoms with van der Waals surface area (Å²) in [6.07, 6.45) is 5.45. The Bertz CT molecular complexity index is 575. The van der Waals surface area contributed by atoms with Crippen molar-refractivity contribution in [1.29, 1.82) is 0 Å². The van der Waals surface area contributed by atoms with Gasteiger partial charge in [-0.25, -0.2) is 4.79 Å². The molecular formula is C18H23NO4. The van der Waals surface area contributed by atoms with E-state index < -0.39 is 5.97 Å². The van der Waals surface area contributed by atoms with Crippen LogP contribution in [0.3, 0.4) is 0 Å². The van der Waals surface area contributed by atoms with Crippen molar-refractivity contribution in [3.8, 4) is 5.75 Å². The Labute approximate surface area is 136 Å². The number of benzene rings is 1. The van der Waals surface area contributed by atoms with Gasteiger partial charge in [-0.3, -0.25) is 4.79 Å². The Kier molecular flexibility index (Phi) is 5.42. The van der Waals surface area contributed by atoms with Gasteiger partial charge in [-0.15, -0.1) is 6.58 Å². The molecule has 0 aromatic heterocycles. The van der Waals surface area contributed by atoms with Crippen LogP contribution in [0.2, 0.25) is 0 Å². The zero-order chi connectivity index (χ0) is 16.9. The van der Waals surface area contributed by atoms with Gasteiger partial charge in [0.1, 0.15) is 5.75 Å².